The van der Waals surface area contributed by atoms with Crippen molar-refractivity contribution in [1.29, 1.82) is 0 Å². The Morgan fingerprint density at radius 1 is 0.530 bits per heavy atom. The molecule has 0 heterocycles. The van der Waals surface area contributed by atoms with Crippen LogP contribution in [0.1, 0.15) is 96.3 Å². The highest BCUT2D eigenvalue weighted by Gasteiger charge is 2.49. The van der Waals surface area contributed by atoms with Crippen LogP contribution in [0.2, 0.25) is 0 Å². The fourth-order valence-corrected chi connectivity index (χ4v) is 11.6. The molecule has 9 rings (SSSR count). The molecule has 0 radical (unpaired) electrons. The topological polar surface area (TPSA) is 52.6 Å². The van der Waals surface area contributed by atoms with Crippen molar-refractivity contribution in [3.63, 3.8) is 0 Å². The Balaban J connectivity index is 0.000000150. The van der Waals surface area contributed by atoms with Gasteiger partial charge in [0, 0.05) is 31.1 Å². The maximum Gasteiger partial charge on any atom is 0.302 e. The van der Waals surface area contributed by atoms with Gasteiger partial charge in [-0.05, 0) is 103 Å². The number of esters is 2. The number of fused-ring (bicyclic) bond motifs is 6. The van der Waals surface area contributed by atoms with Gasteiger partial charge in [-0.2, -0.15) is 0 Å². The molecular weight excluding hydrogens is 816 g/mol. The van der Waals surface area contributed by atoms with E-state index in [2.05, 4.69) is 166 Å². The monoisotopic (exact) mass is 887 g/mol. The summed E-state index contributed by atoms with van der Waals surface area (Å²) in [6.07, 6.45) is 37.3. The van der Waals surface area contributed by atoms with Crippen molar-refractivity contribution in [2.24, 2.45) is 59.2 Å². The summed E-state index contributed by atoms with van der Waals surface area (Å²) in [6.45, 7) is 10.6. The standard InChI is InChI=1S/C25H36O2.C20H18.C16H17FO2/c1-4-5-6-7-8-9-10-20-12-14-22-21-13-11-18(2)15-23(21)25(24(22)16-20)17-27-19(3)26;1-20(17-11-5-2-6-12-17,18-13-7-3-8-14-18)19-15-9-4-10-16-19;1-10(18)19-9-16-13-5-3-2-4-12(13)14-7-6-11(17)8-15(14)16/h11-16,21-25H,4-10,17H2,1-3H3;2-16H,1H3;2-8,12-16H,9H2,1H3. The Kier molecular flexibility index (Phi) is 17.1. The van der Waals surface area contributed by atoms with Gasteiger partial charge in [0.25, 0.3) is 0 Å². The van der Waals surface area contributed by atoms with Gasteiger partial charge in [0.05, 0.1) is 13.2 Å². The van der Waals surface area contributed by atoms with E-state index in [1.807, 2.05) is 12.2 Å². The van der Waals surface area contributed by atoms with E-state index in [1.165, 1.54) is 86.6 Å². The highest BCUT2D eigenvalue weighted by atomic mass is 19.1. The van der Waals surface area contributed by atoms with E-state index in [1.54, 1.807) is 12.2 Å². The summed E-state index contributed by atoms with van der Waals surface area (Å²) in [6, 6.07) is 32.1. The van der Waals surface area contributed by atoms with Crippen molar-refractivity contribution in [3.8, 4) is 0 Å². The normalized spacial score (nSPS) is 27.3. The van der Waals surface area contributed by atoms with Crippen LogP contribution in [0.5, 0.6) is 0 Å². The van der Waals surface area contributed by atoms with Gasteiger partial charge in [0.2, 0.25) is 0 Å². The molecule has 2 fully saturated rings. The minimum atomic E-state index is -0.272. The minimum Gasteiger partial charge on any atom is -0.466 e. The third kappa shape index (κ3) is 11.7. The first-order valence-electron chi connectivity index (χ1n) is 24.7. The van der Waals surface area contributed by atoms with E-state index in [-0.39, 0.29) is 35.0 Å². The Labute approximate surface area is 394 Å². The van der Waals surface area contributed by atoms with Crippen molar-refractivity contribution in [2.75, 3.05) is 13.2 Å². The van der Waals surface area contributed by atoms with Crippen molar-refractivity contribution >= 4 is 11.9 Å². The van der Waals surface area contributed by atoms with Gasteiger partial charge in [-0.1, -0.05) is 208 Å². The lowest BCUT2D eigenvalue weighted by Gasteiger charge is -2.31. The van der Waals surface area contributed by atoms with Gasteiger partial charge >= 0.3 is 11.9 Å². The SMILES string of the molecule is CC(=O)OCC1C2C=CC=CC2C2C=CC(F)=CC21.CC(c1ccccc1)(c1ccccc1)c1ccccc1.CCCCCCCCC1=CC2C(C=C1)C1C=CC(C)=CC1C2COC(C)=O. The Morgan fingerprint density at radius 2 is 0.970 bits per heavy atom. The number of hydrogen-bond acceptors (Lipinski definition) is 4. The average Bonchev–Trinajstić information content (AvgIpc) is 3.82. The van der Waals surface area contributed by atoms with E-state index >= 15 is 0 Å². The van der Waals surface area contributed by atoms with Crippen LogP contribution in [-0.2, 0) is 24.5 Å². The molecule has 0 bridgehead atoms. The second-order valence-electron chi connectivity index (χ2n) is 19.3. The van der Waals surface area contributed by atoms with E-state index in [0.29, 0.717) is 60.6 Å². The fourth-order valence-electron chi connectivity index (χ4n) is 11.6. The van der Waals surface area contributed by atoms with Crippen LogP contribution in [-0.4, -0.2) is 25.2 Å². The summed E-state index contributed by atoms with van der Waals surface area (Å²) in [5.41, 5.74) is 6.65. The van der Waals surface area contributed by atoms with Crippen LogP contribution in [0.4, 0.5) is 4.39 Å². The minimum absolute atomic E-state index is 0.117. The quantitative estimate of drug-likeness (QED) is 0.0919. The van der Waals surface area contributed by atoms with Crippen molar-refractivity contribution in [1.82, 2.24) is 0 Å². The number of unbranched alkanes of at least 4 members (excludes halogenated alkanes) is 5. The lowest BCUT2D eigenvalue weighted by atomic mass is 9.71. The smallest absolute Gasteiger partial charge is 0.302 e. The molecule has 3 aromatic rings. The molecular formula is C61H71FO4. The van der Waals surface area contributed by atoms with E-state index in [9.17, 15) is 14.0 Å². The predicted molar refractivity (Wildman–Crippen MR) is 268 cm³/mol. The summed E-state index contributed by atoms with van der Waals surface area (Å²) in [5, 5.41) is 0. The van der Waals surface area contributed by atoms with Crippen molar-refractivity contribution < 1.29 is 23.5 Å². The molecule has 3 aromatic carbocycles. The van der Waals surface area contributed by atoms with E-state index in [4.69, 9.17) is 9.47 Å². The highest BCUT2D eigenvalue weighted by molar-refractivity contribution is 5.66. The summed E-state index contributed by atoms with van der Waals surface area (Å²) < 4.78 is 24.2. The van der Waals surface area contributed by atoms with Crippen molar-refractivity contribution in [2.45, 2.75) is 85.0 Å². The van der Waals surface area contributed by atoms with E-state index in [0.717, 1.165) is 0 Å². The number of rotatable bonds is 14. The molecule has 10 unspecified atom stereocenters. The molecule has 0 N–H and O–H groups in total. The number of hydrogen-bond donors (Lipinski definition) is 0. The maximum absolute atomic E-state index is 13.5. The largest absolute Gasteiger partial charge is 0.466 e. The van der Waals surface area contributed by atoms with Crippen LogP contribution in [0.25, 0.3) is 0 Å². The van der Waals surface area contributed by atoms with Gasteiger partial charge in [-0.15, -0.1) is 0 Å². The van der Waals surface area contributed by atoms with Crippen LogP contribution in [0, 0.1) is 59.2 Å². The summed E-state index contributed by atoms with van der Waals surface area (Å²) in [7, 11) is 0. The lowest BCUT2D eigenvalue weighted by Crippen LogP contribution is -2.25. The first-order valence-corrected chi connectivity index (χ1v) is 24.7. The Hall–Kier alpha value is -5.55. The second-order valence-corrected chi connectivity index (χ2v) is 19.3. The third-order valence-corrected chi connectivity index (χ3v) is 15.1. The summed E-state index contributed by atoms with van der Waals surface area (Å²) in [5.74, 6) is 3.15. The molecule has 6 aliphatic rings. The first kappa shape index (κ1) is 48.4. The number of carbonyl (C=O) groups is 2. The molecule has 66 heavy (non-hydrogen) atoms. The Morgan fingerprint density at radius 3 is 1.52 bits per heavy atom. The molecule has 346 valence electrons. The molecule has 10 atom stereocenters. The van der Waals surface area contributed by atoms with Crippen LogP contribution < -0.4 is 0 Å². The zero-order valence-electron chi connectivity index (χ0n) is 39.8. The average molecular weight is 887 g/mol. The molecule has 0 amide bonds. The summed E-state index contributed by atoms with van der Waals surface area (Å²) >= 11 is 0. The molecule has 0 saturated heterocycles. The molecule has 2 saturated carbocycles. The molecule has 0 spiro atoms. The van der Waals surface area contributed by atoms with Crippen LogP contribution in [0.3, 0.4) is 0 Å². The van der Waals surface area contributed by atoms with Crippen molar-refractivity contribution in [3.05, 3.63) is 204 Å². The molecule has 6 aliphatic carbocycles. The number of benzene rings is 3. The molecule has 5 heteroatoms. The first-order chi connectivity index (χ1) is 32.1. The Bertz CT molecular complexity index is 2220. The molecule has 0 aliphatic heterocycles. The van der Waals surface area contributed by atoms with Crippen LogP contribution >= 0.6 is 0 Å². The zero-order valence-corrected chi connectivity index (χ0v) is 39.8. The van der Waals surface area contributed by atoms with Crippen LogP contribution in [0.15, 0.2) is 187 Å². The van der Waals surface area contributed by atoms with Gasteiger partial charge in [-0.25, -0.2) is 4.39 Å². The second kappa shape index (κ2) is 23.3. The number of ether oxygens (including phenoxy) is 2. The van der Waals surface area contributed by atoms with E-state index < -0.39 is 0 Å². The summed E-state index contributed by atoms with van der Waals surface area (Å²) in [4.78, 5) is 22.4. The number of halogens is 1. The number of allylic oxidation sites excluding steroid dienone is 16. The van der Waals surface area contributed by atoms with Gasteiger partial charge in [-0.3, -0.25) is 9.59 Å². The zero-order chi connectivity index (χ0) is 46.5. The molecule has 0 aromatic heterocycles. The number of carbonyl (C=O) groups excluding carboxylic acids is 2. The lowest BCUT2D eigenvalue weighted by molar-refractivity contribution is -0.143. The van der Waals surface area contributed by atoms with Gasteiger partial charge in [0.15, 0.2) is 0 Å². The molecule has 4 nitrogen and oxygen atoms in total. The predicted octanol–water partition coefficient (Wildman–Crippen LogP) is 14.6. The van der Waals surface area contributed by atoms with Gasteiger partial charge < -0.3 is 9.47 Å². The highest BCUT2D eigenvalue weighted by Crippen LogP contribution is 2.53. The van der Waals surface area contributed by atoms with Gasteiger partial charge in [0.1, 0.15) is 5.83 Å². The third-order valence-electron chi connectivity index (χ3n) is 15.1. The fraction of sp³-hybridized carbons (Fsp3) is 0.410. The maximum atomic E-state index is 13.5.